The zero-order valence-corrected chi connectivity index (χ0v) is 6.28. The molecule has 2 aliphatic rings. The highest BCUT2D eigenvalue weighted by atomic mass is 16.5. The van der Waals surface area contributed by atoms with Crippen molar-refractivity contribution in [2.45, 2.75) is 0 Å². The minimum Gasteiger partial charge on any atom is -0.478 e. The summed E-state index contributed by atoms with van der Waals surface area (Å²) in [7, 11) is 0. The maximum atomic E-state index is 10.5. The quantitative estimate of drug-likeness (QED) is 0.560. The van der Waals surface area contributed by atoms with Gasteiger partial charge in [-0.2, -0.15) is 0 Å². The Kier molecular flexibility index (Phi) is 1.51. The molecule has 0 radical (unpaired) electrons. The van der Waals surface area contributed by atoms with Gasteiger partial charge >= 0.3 is 5.97 Å². The Labute approximate surface area is 68.9 Å². The number of fused-ring (bicyclic) bond motifs is 1. The number of carboxylic acids is 1. The molecular weight excluding hydrogens is 160 g/mol. The van der Waals surface area contributed by atoms with Crippen LogP contribution in [-0.4, -0.2) is 29.2 Å². The van der Waals surface area contributed by atoms with Crippen molar-refractivity contribution in [1.82, 2.24) is 10.4 Å². The molecule has 5 nitrogen and oxygen atoms in total. The van der Waals surface area contributed by atoms with Gasteiger partial charge in [-0.15, -0.1) is 0 Å². The fourth-order valence-electron chi connectivity index (χ4n) is 1.11. The van der Waals surface area contributed by atoms with Crippen LogP contribution < -0.4 is 5.43 Å². The van der Waals surface area contributed by atoms with Gasteiger partial charge in [-0.25, -0.2) is 10.2 Å². The van der Waals surface area contributed by atoms with Crippen molar-refractivity contribution in [2.24, 2.45) is 0 Å². The predicted octanol–water partition coefficient (Wildman–Crippen LogP) is -0.353. The van der Waals surface area contributed by atoms with Crippen molar-refractivity contribution in [3.63, 3.8) is 0 Å². The number of nitrogens with zero attached hydrogens (tertiary/aromatic N) is 1. The molecule has 2 N–H and O–H groups in total. The highest BCUT2D eigenvalue weighted by Crippen LogP contribution is 2.17. The lowest BCUT2D eigenvalue weighted by Gasteiger charge is -2.23. The topological polar surface area (TPSA) is 61.8 Å². The molecule has 64 valence electrons. The van der Waals surface area contributed by atoms with Gasteiger partial charge in [-0.1, -0.05) is 0 Å². The molecule has 0 atom stereocenters. The summed E-state index contributed by atoms with van der Waals surface area (Å²) in [5.74, 6) is -0.261. The highest BCUT2D eigenvalue weighted by molar-refractivity contribution is 5.86. The molecule has 0 fully saturated rings. The number of carboxylic acid groups (broad SMARTS) is 1. The van der Waals surface area contributed by atoms with E-state index in [-0.39, 0.29) is 12.2 Å². The number of rotatable bonds is 1. The largest absolute Gasteiger partial charge is 0.478 e. The maximum absolute atomic E-state index is 10.5. The monoisotopic (exact) mass is 168 g/mol. The molecule has 0 aromatic rings. The second-order valence-corrected chi connectivity index (χ2v) is 2.52. The van der Waals surface area contributed by atoms with Crippen molar-refractivity contribution in [3.8, 4) is 0 Å². The standard InChI is InChI=1S/C7H8N2O3/c10-7(11)5-3-9-6(12-4-5)1-2-8-9/h1,3,8H,2,4H2,(H,10,11). The van der Waals surface area contributed by atoms with Crippen LogP contribution in [0.2, 0.25) is 0 Å². The first-order valence-corrected chi connectivity index (χ1v) is 3.57. The third kappa shape index (κ3) is 1.04. The highest BCUT2D eigenvalue weighted by Gasteiger charge is 2.22. The SMILES string of the molecule is O=C(O)C1=CN2NCC=C2OC1. The van der Waals surface area contributed by atoms with Crippen molar-refractivity contribution in [2.75, 3.05) is 13.2 Å². The first kappa shape index (κ1) is 7.17. The summed E-state index contributed by atoms with van der Waals surface area (Å²) >= 11 is 0. The number of aliphatic carboxylic acids is 1. The molecule has 12 heavy (non-hydrogen) atoms. The average Bonchev–Trinajstić information content (AvgIpc) is 2.49. The van der Waals surface area contributed by atoms with Crippen LogP contribution >= 0.6 is 0 Å². The lowest BCUT2D eigenvalue weighted by Crippen LogP contribution is -2.32. The van der Waals surface area contributed by atoms with Gasteiger partial charge in [-0.05, 0) is 6.08 Å². The Morgan fingerprint density at radius 2 is 2.58 bits per heavy atom. The van der Waals surface area contributed by atoms with E-state index in [0.29, 0.717) is 12.4 Å². The Morgan fingerprint density at radius 1 is 1.75 bits per heavy atom. The van der Waals surface area contributed by atoms with Crippen LogP contribution in [-0.2, 0) is 9.53 Å². The van der Waals surface area contributed by atoms with Crippen LogP contribution in [0.15, 0.2) is 23.7 Å². The molecule has 0 aromatic carbocycles. The molecule has 0 aliphatic carbocycles. The van der Waals surface area contributed by atoms with Gasteiger partial charge in [-0.3, -0.25) is 5.01 Å². The van der Waals surface area contributed by atoms with Crippen LogP contribution in [0.4, 0.5) is 0 Å². The molecule has 0 aromatic heterocycles. The van der Waals surface area contributed by atoms with Crippen molar-refractivity contribution < 1.29 is 14.6 Å². The van der Waals surface area contributed by atoms with E-state index >= 15 is 0 Å². The van der Waals surface area contributed by atoms with E-state index in [2.05, 4.69) is 5.43 Å². The van der Waals surface area contributed by atoms with Crippen LogP contribution in [0.1, 0.15) is 0 Å². The molecule has 5 heteroatoms. The van der Waals surface area contributed by atoms with E-state index in [1.165, 1.54) is 6.20 Å². The summed E-state index contributed by atoms with van der Waals surface area (Å²) in [4.78, 5) is 10.5. The van der Waals surface area contributed by atoms with Crippen LogP contribution in [0.25, 0.3) is 0 Å². The fraction of sp³-hybridized carbons (Fsp3) is 0.286. The third-order valence-electron chi connectivity index (χ3n) is 1.71. The van der Waals surface area contributed by atoms with Crippen LogP contribution in [0.3, 0.4) is 0 Å². The van der Waals surface area contributed by atoms with E-state index < -0.39 is 5.97 Å². The van der Waals surface area contributed by atoms with E-state index in [0.717, 1.165) is 0 Å². The van der Waals surface area contributed by atoms with Gasteiger partial charge in [0.1, 0.15) is 6.61 Å². The van der Waals surface area contributed by atoms with Gasteiger partial charge in [0.25, 0.3) is 0 Å². The normalized spacial score (nSPS) is 20.8. The Bertz CT molecular complexity index is 282. The number of hydrogen-bond acceptors (Lipinski definition) is 4. The average molecular weight is 168 g/mol. The lowest BCUT2D eigenvalue weighted by atomic mass is 10.3. The molecule has 0 bridgehead atoms. The second-order valence-electron chi connectivity index (χ2n) is 2.52. The van der Waals surface area contributed by atoms with Crippen molar-refractivity contribution in [3.05, 3.63) is 23.7 Å². The molecule has 2 aliphatic heterocycles. The fourth-order valence-corrected chi connectivity index (χ4v) is 1.11. The minimum absolute atomic E-state index is 0.138. The maximum Gasteiger partial charge on any atom is 0.336 e. The molecule has 2 rings (SSSR count). The second kappa shape index (κ2) is 2.53. The van der Waals surface area contributed by atoms with Gasteiger partial charge in [0.2, 0.25) is 5.88 Å². The minimum atomic E-state index is -0.942. The molecule has 0 saturated heterocycles. The molecule has 2 heterocycles. The third-order valence-corrected chi connectivity index (χ3v) is 1.71. The number of ether oxygens (including phenoxy) is 1. The van der Waals surface area contributed by atoms with E-state index in [4.69, 9.17) is 9.84 Å². The lowest BCUT2D eigenvalue weighted by molar-refractivity contribution is -0.133. The number of nitrogens with one attached hydrogen (secondary N) is 1. The number of hydrogen-bond donors (Lipinski definition) is 2. The van der Waals surface area contributed by atoms with Crippen LogP contribution in [0, 0.1) is 0 Å². The zero-order valence-electron chi connectivity index (χ0n) is 6.28. The Hall–Kier alpha value is -1.49. The molecule has 0 unspecified atom stereocenters. The predicted molar refractivity (Wildman–Crippen MR) is 39.6 cm³/mol. The number of hydrazine groups is 1. The molecule has 0 amide bonds. The summed E-state index contributed by atoms with van der Waals surface area (Å²) in [6.07, 6.45) is 3.39. The summed E-state index contributed by atoms with van der Waals surface area (Å²) < 4.78 is 5.15. The molecule has 0 saturated carbocycles. The van der Waals surface area contributed by atoms with E-state index in [9.17, 15) is 4.79 Å². The zero-order chi connectivity index (χ0) is 8.55. The molecule has 0 spiro atoms. The van der Waals surface area contributed by atoms with Gasteiger partial charge in [0.05, 0.1) is 5.57 Å². The smallest absolute Gasteiger partial charge is 0.336 e. The Balaban J connectivity index is 2.22. The first-order valence-electron chi connectivity index (χ1n) is 3.57. The summed E-state index contributed by atoms with van der Waals surface area (Å²) in [5.41, 5.74) is 3.17. The van der Waals surface area contributed by atoms with Crippen molar-refractivity contribution >= 4 is 5.97 Å². The summed E-state index contributed by atoms with van der Waals surface area (Å²) in [5, 5.41) is 10.2. The summed E-state index contributed by atoms with van der Waals surface area (Å²) in [6.45, 7) is 0.818. The first-order chi connectivity index (χ1) is 5.77. The van der Waals surface area contributed by atoms with Crippen molar-refractivity contribution in [1.29, 1.82) is 0 Å². The Morgan fingerprint density at radius 3 is 3.33 bits per heavy atom. The van der Waals surface area contributed by atoms with E-state index in [1.807, 2.05) is 6.08 Å². The number of carbonyl (C=O) groups is 1. The van der Waals surface area contributed by atoms with Crippen LogP contribution in [0.5, 0.6) is 0 Å². The summed E-state index contributed by atoms with van der Waals surface area (Å²) in [6, 6.07) is 0. The van der Waals surface area contributed by atoms with Gasteiger partial charge in [0, 0.05) is 12.7 Å². The van der Waals surface area contributed by atoms with Gasteiger partial charge in [0.15, 0.2) is 0 Å². The van der Waals surface area contributed by atoms with Gasteiger partial charge < -0.3 is 9.84 Å². The molecular formula is C7H8N2O3. The van der Waals surface area contributed by atoms with E-state index in [1.54, 1.807) is 5.01 Å².